The number of methoxy groups -OCH3 is 1. The van der Waals surface area contributed by atoms with Crippen LogP contribution in [0.25, 0.3) is 11.1 Å². The quantitative estimate of drug-likeness (QED) is 0.610. The zero-order chi connectivity index (χ0) is 14.0. The monoisotopic (exact) mass is 271 g/mol. The molecule has 19 heavy (non-hydrogen) atoms. The molecule has 100 valence electrons. The summed E-state index contributed by atoms with van der Waals surface area (Å²) in [6.45, 7) is 0. The van der Waals surface area contributed by atoms with Gasteiger partial charge < -0.3 is 4.74 Å². The van der Waals surface area contributed by atoms with Crippen LogP contribution in [0.1, 0.15) is 5.56 Å². The number of halogens is 4. The van der Waals surface area contributed by atoms with Crippen molar-refractivity contribution in [2.24, 2.45) is 0 Å². The third kappa shape index (κ3) is 2.67. The van der Waals surface area contributed by atoms with E-state index in [2.05, 4.69) is 4.98 Å². The molecule has 0 N–H and O–H groups in total. The average molecular weight is 271 g/mol. The third-order valence-electron chi connectivity index (χ3n) is 2.57. The summed E-state index contributed by atoms with van der Waals surface area (Å²) >= 11 is 0. The van der Waals surface area contributed by atoms with Gasteiger partial charge in [0, 0.05) is 11.8 Å². The highest BCUT2D eigenvalue weighted by molar-refractivity contribution is 5.70. The number of pyridine rings is 1. The summed E-state index contributed by atoms with van der Waals surface area (Å²) in [5.74, 6) is -1.04. The molecule has 1 aromatic heterocycles. The molecule has 0 radical (unpaired) electrons. The number of rotatable bonds is 2. The zero-order valence-electron chi connectivity index (χ0n) is 9.83. The van der Waals surface area contributed by atoms with Crippen molar-refractivity contribution in [2.75, 3.05) is 7.11 Å². The van der Waals surface area contributed by atoms with Crippen LogP contribution in [0.3, 0.4) is 0 Å². The number of aromatic nitrogens is 1. The predicted molar refractivity (Wildman–Crippen MR) is 61.2 cm³/mol. The van der Waals surface area contributed by atoms with Crippen molar-refractivity contribution in [1.82, 2.24) is 4.98 Å². The lowest BCUT2D eigenvalue weighted by atomic mass is 10.0. The minimum atomic E-state index is -4.45. The van der Waals surface area contributed by atoms with Crippen LogP contribution < -0.4 is 4.74 Å². The van der Waals surface area contributed by atoms with Gasteiger partial charge in [-0.1, -0.05) is 12.1 Å². The van der Waals surface area contributed by atoms with E-state index in [4.69, 9.17) is 4.74 Å². The normalized spacial score (nSPS) is 11.4. The van der Waals surface area contributed by atoms with Crippen molar-refractivity contribution in [3.05, 3.63) is 48.0 Å². The highest BCUT2D eigenvalue weighted by Gasteiger charge is 2.30. The van der Waals surface area contributed by atoms with Crippen molar-refractivity contribution in [3.8, 4) is 16.9 Å². The second kappa shape index (κ2) is 4.87. The molecule has 2 nitrogen and oxygen atoms in total. The van der Waals surface area contributed by atoms with Crippen LogP contribution in [0.2, 0.25) is 0 Å². The summed E-state index contributed by atoms with van der Waals surface area (Å²) in [5.41, 5.74) is -0.363. The van der Waals surface area contributed by atoms with Crippen molar-refractivity contribution in [3.63, 3.8) is 0 Å². The largest absolute Gasteiger partial charge is 0.491 e. The van der Waals surface area contributed by atoms with Crippen LogP contribution in [0, 0.1) is 5.95 Å². The summed E-state index contributed by atoms with van der Waals surface area (Å²) in [5, 5.41) is 0. The van der Waals surface area contributed by atoms with E-state index < -0.39 is 17.7 Å². The molecule has 2 aromatic rings. The van der Waals surface area contributed by atoms with Crippen LogP contribution >= 0.6 is 0 Å². The topological polar surface area (TPSA) is 22.1 Å². The molecule has 1 heterocycles. The molecule has 0 spiro atoms. The molecule has 0 unspecified atom stereocenters. The Kier molecular flexibility index (Phi) is 3.42. The maximum Gasteiger partial charge on any atom is 0.416 e. The Morgan fingerprint density at radius 3 is 2.53 bits per heavy atom. The van der Waals surface area contributed by atoms with Gasteiger partial charge in [-0.05, 0) is 23.8 Å². The van der Waals surface area contributed by atoms with Gasteiger partial charge in [-0.15, -0.1) is 0 Å². The number of alkyl halides is 3. The minimum Gasteiger partial charge on any atom is -0.491 e. The lowest BCUT2D eigenvalue weighted by Gasteiger charge is -2.11. The van der Waals surface area contributed by atoms with E-state index in [1.807, 2.05) is 0 Å². The Bertz CT molecular complexity index is 595. The summed E-state index contributed by atoms with van der Waals surface area (Å²) < 4.78 is 56.1. The van der Waals surface area contributed by atoms with E-state index in [0.29, 0.717) is 0 Å². The molecular formula is C13H9F4NO. The van der Waals surface area contributed by atoms with E-state index in [1.54, 1.807) is 0 Å². The van der Waals surface area contributed by atoms with Gasteiger partial charge in [-0.3, -0.25) is 0 Å². The van der Waals surface area contributed by atoms with Crippen molar-refractivity contribution in [2.45, 2.75) is 6.18 Å². The maximum absolute atomic E-state index is 13.4. The first kappa shape index (κ1) is 13.3. The first-order valence-corrected chi connectivity index (χ1v) is 5.29. The Labute approximate surface area is 106 Å². The van der Waals surface area contributed by atoms with Gasteiger partial charge in [-0.25, -0.2) is 4.98 Å². The minimum absolute atomic E-state index is 0.179. The standard InChI is InChI=1S/C13H9F4NO/c1-19-11-10(5-6-18-12(11)14)8-3-2-4-9(7-8)13(15,16)17/h2-7H,1H3. The molecule has 0 aliphatic rings. The summed E-state index contributed by atoms with van der Waals surface area (Å²) in [7, 11) is 1.23. The van der Waals surface area contributed by atoms with Crippen LogP contribution in [0.5, 0.6) is 5.75 Å². The van der Waals surface area contributed by atoms with Crippen molar-refractivity contribution < 1.29 is 22.3 Å². The summed E-state index contributed by atoms with van der Waals surface area (Å²) in [6.07, 6.45) is -3.28. The molecule has 2 rings (SSSR count). The Morgan fingerprint density at radius 1 is 1.16 bits per heavy atom. The summed E-state index contributed by atoms with van der Waals surface area (Å²) in [4.78, 5) is 3.39. The lowest BCUT2D eigenvalue weighted by molar-refractivity contribution is -0.137. The highest BCUT2D eigenvalue weighted by atomic mass is 19.4. The lowest BCUT2D eigenvalue weighted by Crippen LogP contribution is -2.04. The van der Waals surface area contributed by atoms with Gasteiger partial charge >= 0.3 is 6.18 Å². The molecule has 0 saturated heterocycles. The molecule has 0 atom stereocenters. The maximum atomic E-state index is 13.4. The highest BCUT2D eigenvalue weighted by Crippen LogP contribution is 2.35. The van der Waals surface area contributed by atoms with E-state index >= 15 is 0 Å². The number of hydrogen-bond donors (Lipinski definition) is 0. The van der Waals surface area contributed by atoms with E-state index in [0.717, 1.165) is 12.1 Å². The van der Waals surface area contributed by atoms with E-state index in [9.17, 15) is 17.6 Å². The fourth-order valence-corrected chi connectivity index (χ4v) is 1.71. The first-order valence-electron chi connectivity index (χ1n) is 5.29. The van der Waals surface area contributed by atoms with E-state index in [1.165, 1.54) is 31.5 Å². The number of ether oxygens (including phenoxy) is 1. The predicted octanol–water partition coefficient (Wildman–Crippen LogP) is 3.92. The summed E-state index contributed by atoms with van der Waals surface area (Å²) in [6, 6.07) is 6.00. The number of benzene rings is 1. The van der Waals surface area contributed by atoms with Crippen molar-refractivity contribution >= 4 is 0 Å². The van der Waals surface area contributed by atoms with Gasteiger partial charge in [0.25, 0.3) is 5.95 Å². The van der Waals surface area contributed by atoms with Gasteiger partial charge in [0.1, 0.15) is 0 Å². The van der Waals surface area contributed by atoms with E-state index in [-0.39, 0.29) is 16.9 Å². The van der Waals surface area contributed by atoms with Gasteiger partial charge in [-0.2, -0.15) is 17.6 Å². The molecule has 1 aromatic carbocycles. The molecule has 0 fully saturated rings. The fraction of sp³-hybridized carbons (Fsp3) is 0.154. The van der Waals surface area contributed by atoms with Gasteiger partial charge in [0.05, 0.1) is 12.7 Å². The Morgan fingerprint density at radius 2 is 1.89 bits per heavy atom. The molecule has 6 heteroatoms. The molecule has 0 aliphatic carbocycles. The first-order chi connectivity index (χ1) is 8.93. The fourth-order valence-electron chi connectivity index (χ4n) is 1.71. The second-order valence-corrected chi connectivity index (χ2v) is 3.76. The Hall–Kier alpha value is -2.11. The molecule has 0 saturated carbocycles. The SMILES string of the molecule is COc1c(-c2cccc(C(F)(F)F)c2)ccnc1F. The van der Waals surface area contributed by atoms with Crippen molar-refractivity contribution in [1.29, 1.82) is 0 Å². The van der Waals surface area contributed by atoms with Crippen LogP contribution in [0.4, 0.5) is 17.6 Å². The van der Waals surface area contributed by atoms with Crippen LogP contribution in [-0.2, 0) is 6.18 Å². The second-order valence-electron chi connectivity index (χ2n) is 3.76. The zero-order valence-corrected chi connectivity index (χ0v) is 9.83. The molecule has 0 bridgehead atoms. The third-order valence-corrected chi connectivity index (χ3v) is 2.57. The van der Waals surface area contributed by atoms with Gasteiger partial charge in [0.15, 0.2) is 5.75 Å². The molecule has 0 aliphatic heterocycles. The number of nitrogens with zero attached hydrogens (tertiary/aromatic N) is 1. The Balaban J connectivity index is 2.57. The van der Waals surface area contributed by atoms with Crippen LogP contribution in [-0.4, -0.2) is 12.1 Å². The van der Waals surface area contributed by atoms with Crippen LogP contribution in [0.15, 0.2) is 36.5 Å². The molecule has 0 amide bonds. The molecular weight excluding hydrogens is 262 g/mol. The smallest absolute Gasteiger partial charge is 0.416 e. The van der Waals surface area contributed by atoms with Gasteiger partial charge in [0.2, 0.25) is 0 Å². The average Bonchev–Trinajstić information content (AvgIpc) is 2.37. The number of hydrogen-bond acceptors (Lipinski definition) is 2.